The molecule has 0 saturated carbocycles. The first kappa shape index (κ1) is 14.7. The maximum Gasteiger partial charge on any atom is 0.311 e. The van der Waals surface area contributed by atoms with Crippen LogP contribution in [-0.4, -0.2) is 38.1 Å². The number of hydrogen-bond donors (Lipinski definition) is 1. The topological polar surface area (TPSA) is 84.7 Å². The number of nitrogens with one attached hydrogen (secondary N) is 1. The van der Waals surface area contributed by atoms with Gasteiger partial charge >= 0.3 is 5.69 Å². The Bertz CT molecular complexity index is 474. The van der Waals surface area contributed by atoms with E-state index in [1.807, 2.05) is 14.1 Å². The van der Waals surface area contributed by atoms with Crippen molar-refractivity contribution in [3.8, 4) is 5.75 Å². The van der Waals surface area contributed by atoms with Crippen LogP contribution < -0.4 is 15.0 Å². The number of benzene rings is 1. The maximum atomic E-state index is 11.3. The molecule has 0 heterocycles. The monoisotopic (exact) mass is 267 g/mol. The third-order valence-electron chi connectivity index (χ3n) is 2.39. The van der Waals surface area contributed by atoms with E-state index in [9.17, 15) is 14.9 Å². The van der Waals surface area contributed by atoms with Gasteiger partial charge in [0.1, 0.15) is 0 Å². The summed E-state index contributed by atoms with van der Waals surface area (Å²) >= 11 is 0. The van der Waals surface area contributed by atoms with E-state index >= 15 is 0 Å². The van der Waals surface area contributed by atoms with Crippen LogP contribution in [0, 0.1) is 10.1 Å². The summed E-state index contributed by atoms with van der Waals surface area (Å²) in [5.74, 6) is -0.227. The molecule has 0 atom stereocenters. The zero-order chi connectivity index (χ0) is 14.4. The Morgan fingerprint density at radius 1 is 1.47 bits per heavy atom. The molecule has 1 rings (SSSR count). The fourth-order valence-corrected chi connectivity index (χ4v) is 1.44. The van der Waals surface area contributed by atoms with Gasteiger partial charge < -0.3 is 15.0 Å². The van der Waals surface area contributed by atoms with Gasteiger partial charge in [0.2, 0.25) is 0 Å². The lowest BCUT2D eigenvalue weighted by Crippen LogP contribution is -2.28. The number of likely N-dealkylation sites (N-methyl/N-ethyl adjacent to an activating group) is 1. The van der Waals surface area contributed by atoms with Gasteiger partial charge in [0.05, 0.1) is 4.92 Å². The minimum Gasteiger partial charge on any atom is -0.477 e. The first-order valence-corrected chi connectivity index (χ1v) is 5.81. The van der Waals surface area contributed by atoms with E-state index < -0.39 is 4.92 Å². The minimum absolute atomic E-state index is 0.0856. The molecule has 1 amide bonds. The van der Waals surface area contributed by atoms with E-state index in [-0.39, 0.29) is 24.0 Å². The normalized spacial score (nSPS) is 9.84. The van der Waals surface area contributed by atoms with Crippen LogP contribution in [0.25, 0.3) is 0 Å². The molecule has 19 heavy (non-hydrogen) atoms. The second kappa shape index (κ2) is 6.58. The lowest BCUT2D eigenvalue weighted by atomic mass is 10.2. The highest BCUT2D eigenvalue weighted by Crippen LogP contribution is 2.30. The predicted octanol–water partition coefficient (Wildman–Crippen LogP) is 1.18. The van der Waals surface area contributed by atoms with E-state index in [1.54, 1.807) is 17.9 Å². The first-order chi connectivity index (χ1) is 8.95. The summed E-state index contributed by atoms with van der Waals surface area (Å²) in [6, 6.07) is 4.52. The number of amides is 1. The van der Waals surface area contributed by atoms with E-state index in [2.05, 4.69) is 5.32 Å². The molecule has 1 aromatic carbocycles. The SMILES string of the molecule is CCNC(=O)COc1cc(N(C)C)ccc1[N+](=O)[O-]. The minimum atomic E-state index is -0.535. The molecular formula is C12H17N3O4. The highest BCUT2D eigenvalue weighted by molar-refractivity contribution is 5.77. The molecular weight excluding hydrogens is 250 g/mol. The lowest BCUT2D eigenvalue weighted by molar-refractivity contribution is -0.385. The second-order valence-electron chi connectivity index (χ2n) is 4.05. The van der Waals surface area contributed by atoms with Crippen LogP contribution in [0.5, 0.6) is 5.75 Å². The summed E-state index contributed by atoms with van der Waals surface area (Å²) in [6.07, 6.45) is 0. The molecule has 1 N–H and O–H groups in total. The van der Waals surface area contributed by atoms with E-state index in [1.165, 1.54) is 12.1 Å². The Morgan fingerprint density at radius 3 is 2.68 bits per heavy atom. The molecule has 0 radical (unpaired) electrons. The van der Waals surface area contributed by atoms with Crippen molar-refractivity contribution in [3.63, 3.8) is 0 Å². The second-order valence-corrected chi connectivity index (χ2v) is 4.05. The quantitative estimate of drug-likeness (QED) is 0.618. The van der Waals surface area contributed by atoms with Gasteiger partial charge in [-0.1, -0.05) is 0 Å². The van der Waals surface area contributed by atoms with Crippen LogP contribution >= 0.6 is 0 Å². The van der Waals surface area contributed by atoms with Crippen LogP contribution in [0.15, 0.2) is 18.2 Å². The molecule has 0 aliphatic carbocycles. The van der Waals surface area contributed by atoms with Crippen molar-refractivity contribution in [2.45, 2.75) is 6.92 Å². The van der Waals surface area contributed by atoms with Crippen LogP contribution in [0.2, 0.25) is 0 Å². The number of rotatable bonds is 6. The average molecular weight is 267 g/mol. The first-order valence-electron chi connectivity index (χ1n) is 5.81. The van der Waals surface area contributed by atoms with Crippen LogP contribution in [-0.2, 0) is 4.79 Å². The molecule has 0 saturated heterocycles. The number of nitro benzene ring substituents is 1. The highest BCUT2D eigenvalue weighted by Gasteiger charge is 2.17. The van der Waals surface area contributed by atoms with Gasteiger partial charge in [-0.15, -0.1) is 0 Å². The van der Waals surface area contributed by atoms with Crippen molar-refractivity contribution in [1.82, 2.24) is 5.32 Å². The number of ether oxygens (including phenoxy) is 1. The standard InChI is InChI=1S/C12H17N3O4/c1-4-13-12(16)8-19-11-7-9(14(2)3)5-6-10(11)15(17)18/h5-7H,4,8H2,1-3H3,(H,13,16). The van der Waals surface area contributed by atoms with Gasteiger partial charge in [0.25, 0.3) is 5.91 Å². The largest absolute Gasteiger partial charge is 0.477 e. The fraction of sp³-hybridized carbons (Fsp3) is 0.417. The Balaban J connectivity index is 2.91. The molecule has 0 bridgehead atoms. The number of carbonyl (C=O) groups excluding carboxylic acids is 1. The van der Waals surface area contributed by atoms with Gasteiger partial charge in [-0.05, 0) is 13.0 Å². The number of carbonyl (C=O) groups is 1. The van der Waals surface area contributed by atoms with Gasteiger partial charge in [-0.25, -0.2) is 0 Å². The molecule has 0 aliphatic rings. The lowest BCUT2D eigenvalue weighted by Gasteiger charge is -2.14. The smallest absolute Gasteiger partial charge is 0.311 e. The predicted molar refractivity (Wildman–Crippen MR) is 71.6 cm³/mol. The summed E-state index contributed by atoms with van der Waals surface area (Å²) in [6.45, 7) is 2.03. The summed E-state index contributed by atoms with van der Waals surface area (Å²) in [4.78, 5) is 23.4. The van der Waals surface area contributed by atoms with Gasteiger partial charge in [0.15, 0.2) is 12.4 Å². The summed E-state index contributed by atoms with van der Waals surface area (Å²) < 4.78 is 5.22. The molecule has 1 aromatic rings. The Kier molecular flexibility index (Phi) is 5.11. The average Bonchev–Trinajstić information content (AvgIpc) is 2.36. The van der Waals surface area contributed by atoms with Crippen molar-refractivity contribution >= 4 is 17.3 Å². The fourth-order valence-electron chi connectivity index (χ4n) is 1.44. The van der Waals surface area contributed by atoms with Crippen molar-refractivity contribution in [3.05, 3.63) is 28.3 Å². The van der Waals surface area contributed by atoms with E-state index in [0.717, 1.165) is 5.69 Å². The third kappa shape index (κ3) is 4.13. The van der Waals surface area contributed by atoms with Crippen LogP contribution in [0.4, 0.5) is 11.4 Å². The molecule has 104 valence electrons. The number of anilines is 1. The number of nitro groups is 1. The Labute approximate surface area is 111 Å². The molecule has 0 unspecified atom stereocenters. The van der Waals surface area contributed by atoms with Crippen molar-refractivity contribution in [1.29, 1.82) is 0 Å². The van der Waals surface area contributed by atoms with Crippen molar-refractivity contribution in [2.75, 3.05) is 32.1 Å². The van der Waals surface area contributed by atoms with Gasteiger partial charge in [-0.2, -0.15) is 0 Å². The van der Waals surface area contributed by atoms with E-state index in [4.69, 9.17) is 4.74 Å². The van der Waals surface area contributed by atoms with Crippen LogP contribution in [0.3, 0.4) is 0 Å². The number of hydrogen-bond acceptors (Lipinski definition) is 5. The van der Waals surface area contributed by atoms with Gasteiger partial charge in [0, 0.05) is 38.5 Å². The maximum absolute atomic E-state index is 11.3. The van der Waals surface area contributed by atoms with Crippen molar-refractivity contribution in [2.24, 2.45) is 0 Å². The Morgan fingerprint density at radius 2 is 2.16 bits per heavy atom. The van der Waals surface area contributed by atoms with Crippen molar-refractivity contribution < 1.29 is 14.5 Å². The summed E-state index contributed by atoms with van der Waals surface area (Å²) in [5, 5.41) is 13.4. The molecule has 7 nitrogen and oxygen atoms in total. The van der Waals surface area contributed by atoms with Gasteiger partial charge in [-0.3, -0.25) is 14.9 Å². The molecule has 0 fully saturated rings. The highest BCUT2D eigenvalue weighted by atomic mass is 16.6. The number of nitrogens with zero attached hydrogens (tertiary/aromatic N) is 2. The molecule has 0 spiro atoms. The summed E-state index contributed by atoms with van der Waals surface area (Å²) in [5.41, 5.74) is 0.603. The zero-order valence-corrected chi connectivity index (χ0v) is 11.2. The van der Waals surface area contributed by atoms with E-state index in [0.29, 0.717) is 6.54 Å². The molecule has 7 heteroatoms. The zero-order valence-electron chi connectivity index (χ0n) is 11.2. The molecule has 0 aliphatic heterocycles. The summed E-state index contributed by atoms with van der Waals surface area (Å²) in [7, 11) is 3.63. The third-order valence-corrected chi connectivity index (χ3v) is 2.39. The Hall–Kier alpha value is -2.31. The van der Waals surface area contributed by atoms with Crippen LogP contribution in [0.1, 0.15) is 6.92 Å². The molecule has 0 aromatic heterocycles.